The molecule has 1 saturated heterocycles. The van der Waals surface area contributed by atoms with Crippen LogP contribution in [0.2, 0.25) is 0 Å². The van der Waals surface area contributed by atoms with Crippen LogP contribution < -0.4 is 5.32 Å². The predicted molar refractivity (Wildman–Crippen MR) is 62.6 cm³/mol. The van der Waals surface area contributed by atoms with Crippen molar-refractivity contribution < 1.29 is 19.4 Å². The highest BCUT2D eigenvalue weighted by Gasteiger charge is 2.16. The number of hydrogen-bond donors (Lipinski definition) is 2. The van der Waals surface area contributed by atoms with E-state index in [1.807, 2.05) is 0 Å². The summed E-state index contributed by atoms with van der Waals surface area (Å²) in [6, 6.07) is 0. The van der Waals surface area contributed by atoms with E-state index in [0.29, 0.717) is 19.1 Å². The zero-order chi connectivity index (χ0) is 12.7. The molecule has 5 nitrogen and oxygen atoms in total. The van der Waals surface area contributed by atoms with E-state index in [9.17, 15) is 9.59 Å². The lowest BCUT2D eigenvalue weighted by Gasteiger charge is -2.22. The maximum atomic E-state index is 11.5. The molecule has 1 rings (SSSR count). The average molecular weight is 243 g/mol. The summed E-state index contributed by atoms with van der Waals surface area (Å²) in [7, 11) is 0. The Bertz CT molecular complexity index is 261. The van der Waals surface area contributed by atoms with Crippen LogP contribution in [0.15, 0.2) is 0 Å². The molecule has 1 aliphatic rings. The molecule has 0 bridgehead atoms. The fraction of sp³-hybridized carbons (Fsp3) is 0.833. The number of rotatable bonds is 6. The SMILES string of the molecule is CC(CC(=O)O)CC(=O)NCC1CCCOC1. The third-order valence-electron chi connectivity index (χ3n) is 2.90. The highest BCUT2D eigenvalue weighted by molar-refractivity contribution is 5.77. The maximum Gasteiger partial charge on any atom is 0.303 e. The van der Waals surface area contributed by atoms with Crippen molar-refractivity contribution >= 4 is 11.9 Å². The largest absolute Gasteiger partial charge is 0.481 e. The normalized spacial score (nSPS) is 21.8. The fourth-order valence-electron chi connectivity index (χ4n) is 1.99. The molecule has 0 radical (unpaired) electrons. The van der Waals surface area contributed by atoms with E-state index in [0.717, 1.165) is 19.4 Å². The van der Waals surface area contributed by atoms with Gasteiger partial charge in [-0.1, -0.05) is 6.92 Å². The van der Waals surface area contributed by atoms with Crippen LogP contribution in [-0.2, 0) is 14.3 Å². The molecule has 0 spiro atoms. The molecule has 1 aliphatic heterocycles. The first-order valence-corrected chi connectivity index (χ1v) is 6.14. The van der Waals surface area contributed by atoms with Gasteiger partial charge in [-0.05, 0) is 24.7 Å². The van der Waals surface area contributed by atoms with Gasteiger partial charge in [0.2, 0.25) is 5.91 Å². The second kappa shape index (κ2) is 7.27. The molecule has 1 amide bonds. The number of carboxylic acids is 1. The Kier molecular flexibility index (Phi) is 5.97. The van der Waals surface area contributed by atoms with Crippen LogP contribution in [0.1, 0.15) is 32.6 Å². The van der Waals surface area contributed by atoms with Crippen LogP contribution in [0.5, 0.6) is 0 Å². The summed E-state index contributed by atoms with van der Waals surface area (Å²) in [5, 5.41) is 11.4. The van der Waals surface area contributed by atoms with E-state index in [-0.39, 0.29) is 24.7 Å². The van der Waals surface area contributed by atoms with Crippen LogP contribution in [0.4, 0.5) is 0 Å². The van der Waals surface area contributed by atoms with Crippen molar-refractivity contribution in [3.05, 3.63) is 0 Å². The van der Waals surface area contributed by atoms with Crippen molar-refractivity contribution in [3.63, 3.8) is 0 Å². The van der Waals surface area contributed by atoms with Gasteiger partial charge >= 0.3 is 5.97 Å². The number of amides is 1. The monoisotopic (exact) mass is 243 g/mol. The van der Waals surface area contributed by atoms with Crippen molar-refractivity contribution in [2.45, 2.75) is 32.6 Å². The molecule has 2 N–H and O–H groups in total. The first-order chi connectivity index (χ1) is 8.08. The number of ether oxygens (including phenoxy) is 1. The molecule has 1 heterocycles. The Morgan fingerprint density at radius 3 is 2.82 bits per heavy atom. The number of nitrogens with one attached hydrogen (secondary N) is 1. The number of hydrogen-bond acceptors (Lipinski definition) is 3. The van der Waals surface area contributed by atoms with E-state index in [1.165, 1.54) is 0 Å². The second-order valence-electron chi connectivity index (χ2n) is 4.79. The highest BCUT2D eigenvalue weighted by atomic mass is 16.5. The fourth-order valence-corrected chi connectivity index (χ4v) is 1.99. The van der Waals surface area contributed by atoms with E-state index in [1.54, 1.807) is 6.92 Å². The molecule has 0 aromatic carbocycles. The van der Waals surface area contributed by atoms with Crippen molar-refractivity contribution in [2.75, 3.05) is 19.8 Å². The summed E-state index contributed by atoms with van der Waals surface area (Å²) >= 11 is 0. The van der Waals surface area contributed by atoms with E-state index in [4.69, 9.17) is 9.84 Å². The second-order valence-corrected chi connectivity index (χ2v) is 4.79. The summed E-state index contributed by atoms with van der Waals surface area (Å²) in [5.41, 5.74) is 0. The number of carboxylic acid groups (broad SMARTS) is 1. The number of carbonyl (C=O) groups is 2. The predicted octanol–water partition coefficient (Wildman–Crippen LogP) is 1.03. The van der Waals surface area contributed by atoms with Crippen LogP contribution >= 0.6 is 0 Å². The standard InChI is InChI=1S/C12H21NO4/c1-9(6-12(15)16)5-11(14)13-7-10-3-2-4-17-8-10/h9-10H,2-8H2,1H3,(H,13,14)(H,15,16). The van der Waals surface area contributed by atoms with Crippen molar-refractivity contribution in [1.29, 1.82) is 0 Å². The minimum Gasteiger partial charge on any atom is -0.481 e. The Morgan fingerprint density at radius 2 is 2.24 bits per heavy atom. The molecular weight excluding hydrogens is 222 g/mol. The van der Waals surface area contributed by atoms with Crippen molar-refractivity contribution in [1.82, 2.24) is 5.32 Å². The van der Waals surface area contributed by atoms with Crippen molar-refractivity contribution in [2.24, 2.45) is 11.8 Å². The molecule has 0 aliphatic carbocycles. The Morgan fingerprint density at radius 1 is 1.47 bits per heavy atom. The topological polar surface area (TPSA) is 75.6 Å². The number of aliphatic carboxylic acids is 1. The minimum absolute atomic E-state index is 0.0416. The molecule has 0 aromatic heterocycles. The summed E-state index contributed by atoms with van der Waals surface area (Å²) in [6.07, 6.45) is 2.46. The van der Waals surface area contributed by atoms with Gasteiger partial charge < -0.3 is 15.2 Å². The van der Waals surface area contributed by atoms with E-state index >= 15 is 0 Å². The van der Waals surface area contributed by atoms with Gasteiger partial charge in [-0.25, -0.2) is 0 Å². The number of carbonyl (C=O) groups excluding carboxylic acids is 1. The Labute approximate surface area is 102 Å². The zero-order valence-corrected chi connectivity index (χ0v) is 10.3. The van der Waals surface area contributed by atoms with Gasteiger partial charge in [0.25, 0.3) is 0 Å². The molecule has 98 valence electrons. The van der Waals surface area contributed by atoms with Gasteiger partial charge in [0, 0.05) is 26.0 Å². The molecule has 0 saturated carbocycles. The van der Waals surface area contributed by atoms with Crippen LogP contribution in [0, 0.1) is 11.8 Å². The third-order valence-corrected chi connectivity index (χ3v) is 2.90. The summed E-state index contributed by atoms with van der Waals surface area (Å²) in [5.74, 6) is -0.632. The van der Waals surface area contributed by atoms with Crippen LogP contribution in [0.25, 0.3) is 0 Å². The third kappa shape index (κ3) is 6.26. The van der Waals surface area contributed by atoms with Gasteiger partial charge in [-0.3, -0.25) is 9.59 Å². The van der Waals surface area contributed by atoms with Gasteiger partial charge in [-0.2, -0.15) is 0 Å². The summed E-state index contributed by atoms with van der Waals surface area (Å²) < 4.78 is 5.32. The van der Waals surface area contributed by atoms with Crippen LogP contribution in [-0.4, -0.2) is 36.7 Å². The smallest absolute Gasteiger partial charge is 0.303 e. The summed E-state index contributed by atoms with van der Waals surface area (Å²) in [6.45, 7) is 3.95. The molecule has 2 unspecified atom stereocenters. The molecule has 1 fully saturated rings. The minimum atomic E-state index is -0.856. The van der Waals surface area contributed by atoms with Gasteiger partial charge in [0.1, 0.15) is 0 Å². The highest BCUT2D eigenvalue weighted by Crippen LogP contribution is 2.12. The molecule has 17 heavy (non-hydrogen) atoms. The van der Waals surface area contributed by atoms with Gasteiger partial charge in [-0.15, -0.1) is 0 Å². The lowest BCUT2D eigenvalue weighted by molar-refractivity contribution is -0.138. The Balaban J connectivity index is 2.13. The first-order valence-electron chi connectivity index (χ1n) is 6.14. The average Bonchev–Trinajstić information content (AvgIpc) is 2.26. The zero-order valence-electron chi connectivity index (χ0n) is 10.3. The Hall–Kier alpha value is -1.10. The lowest BCUT2D eigenvalue weighted by Crippen LogP contribution is -2.34. The van der Waals surface area contributed by atoms with E-state index < -0.39 is 5.97 Å². The summed E-state index contributed by atoms with van der Waals surface area (Å²) in [4.78, 5) is 22.0. The molecular formula is C12H21NO4. The van der Waals surface area contributed by atoms with E-state index in [2.05, 4.69) is 5.32 Å². The quantitative estimate of drug-likeness (QED) is 0.730. The van der Waals surface area contributed by atoms with Gasteiger partial charge in [0.15, 0.2) is 0 Å². The maximum absolute atomic E-state index is 11.5. The first kappa shape index (κ1) is 14.0. The van der Waals surface area contributed by atoms with Crippen molar-refractivity contribution in [3.8, 4) is 0 Å². The van der Waals surface area contributed by atoms with Gasteiger partial charge in [0.05, 0.1) is 6.61 Å². The molecule has 5 heteroatoms. The lowest BCUT2D eigenvalue weighted by atomic mass is 10.0. The molecule has 0 aromatic rings. The van der Waals surface area contributed by atoms with Crippen LogP contribution in [0.3, 0.4) is 0 Å². The molecule has 2 atom stereocenters.